The maximum Gasteiger partial charge on any atom is 0.322 e. The highest BCUT2D eigenvalue weighted by atomic mass is 16.4. The van der Waals surface area contributed by atoms with Gasteiger partial charge in [-0.15, -0.1) is 0 Å². The van der Waals surface area contributed by atoms with Crippen LogP contribution < -0.4 is 10.6 Å². The Labute approximate surface area is 92.4 Å². The Balaban J connectivity index is 2.35. The third-order valence-corrected chi connectivity index (χ3v) is 3.75. The van der Waals surface area contributed by atoms with E-state index in [2.05, 4.69) is 10.6 Å². The zero-order chi connectivity index (χ0) is 12.1. The molecule has 88 valence electrons. The molecule has 1 aliphatic carbocycles. The number of carboxylic acid groups (broad SMARTS) is 1. The number of hydrogen-bond acceptors (Lipinski definition) is 3. The van der Waals surface area contributed by atoms with Crippen LogP contribution in [0, 0.1) is 11.3 Å². The number of nitrogens with one attached hydrogen (secondary N) is 2. The highest BCUT2D eigenvalue weighted by Crippen LogP contribution is 2.49. The fourth-order valence-electron chi connectivity index (χ4n) is 2.85. The average Bonchev–Trinajstić information content (AvgIpc) is 2.54. The normalized spacial score (nSPS) is 42.2. The van der Waals surface area contributed by atoms with Crippen molar-refractivity contribution < 1.29 is 19.5 Å². The summed E-state index contributed by atoms with van der Waals surface area (Å²) >= 11 is 0. The predicted molar refractivity (Wildman–Crippen MR) is 53.5 cm³/mol. The van der Waals surface area contributed by atoms with Crippen molar-refractivity contribution in [3.8, 4) is 0 Å². The molecule has 0 bridgehead atoms. The predicted octanol–water partition coefficient (Wildman–Crippen LogP) is 0.0854. The molecule has 2 fully saturated rings. The molecule has 1 spiro atoms. The number of aliphatic carboxylic acids is 1. The van der Waals surface area contributed by atoms with Gasteiger partial charge in [-0.3, -0.25) is 14.9 Å². The SMILES string of the molecule is CC1CC(C)(C(=O)O)CC12NC(=O)NC2=O. The van der Waals surface area contributed by atoms with E-state index in [0.717, 1.165) is 0 Å². The zero-order valence-corrected chi connectivity index (χ0v) is 9.16. The van der Waals surface area contributed by atoms with Gasteiger partial charge >= 0.3 is 12.0 Å². The lowest BCUT2D eigenvalue weighted by Crippen LogP contribution is -2.49. The van der Waals surface area contributed by atoms with Crippen LogP contribution in [0.1, 0.15) is 26.7 Å². The van der Waals surface area contributed by atoms with E-state index in [1.165, 1.54) is 0 Å². The summed E-state index contributed by atoms with van der Waals surface area (Å²) in [5.41, 5.74) is -1.99. The minimum Gasteiger partial charge on any atom is -0.481 e. The molecule has 0 aromatic heterocycles. The van der Waals surface area contributed by atoms with Crippen molar-refractivity contribution in [2.45, 2.75) is 32.2 Å². The van der Waals surface area contributed by atoms with Crippen LogP contribution in [-0.2, 0) is 9.59 Å². The Morgan fingerprint density at radius 3 is 2.50 bits per heavy atom. The molecule has 6 nitrogen and oxygen atoms in total. The lowest BCUT2D eigenvalue weighted by Gasteiger charge is -2.25. The Morgan fingerprint density at radius 1 is 1.50 bits per heavy atom. The molecule has 1 heterocycles. The minimum absolute atomic E-state index is 0.147. The van der Waals surface area contributed by atoms with E-state index in [1.54, 1.807) is 13.8 Å². The second kappa shape index (κ2) is 2.96. The first-order valence-corrected chi connectivity index (χ1v) is 5.17. The summed E-state index contributed by atoms with van der Waals surface area (Å²) in [5, 5.41) is 13.9. The van der Waals surface area contributed by atoms with E-state index in [-0.39, 0.29) is 12.3 Å². The first-order chi connectivity index (χ1) is 7.30. The molecule has 16 heavy (non-hydrogen) atoms. The third kappa shape index (κ3) is 1.22. The Kier molecular flexibility index (Phi) is 2.02. The Bertz CT molecular complexity index is 394. The first-order valence-electron chi connectivity index (χ1n) is 5.17. The molecule has 3 unspecified atom stereocenters. The summed E-state index contributed by atoms with van der Waals surface area (Å²) in [6.07, 6.45) is 0.532. The lowest BCUT2D eigenvalue weighted by molar-refractivity contribution is -0.147. The maximum absolute atomic E-state index is 11.7. The zero-order valence-electron chi connectivity index (χ0n) is 9.16. The van der Waals surface area contributed by atoms with Crippen molar-refractivity contribution in [2.24, 2.45) is 11.3 Å². The fourth-order valence-corrected chi connectivity index (χ4v) is 2.85. The molecule has 6 heteroatoms. The van der Waals surface area contributed by atoms with E-state index in [9.17, 15) is 14.4 Å². The Morgan fingerprint density at radius 2 is 2.12 bits per heavy atom. The summed E-state index contributed by atoms with van der Waals surface area (Å²) < 4.78 is 0. The number of carboxylic acids is 1. The van der Waals surface area contributed by atoms with Crippen LogP contribution in [0.5, 0.6) is 0 Å². The molecule has 2 aliphatic rings. The van der Waals surface area contributed by atoms with Crippen LogP contribution in [0.25, 0.3) is 0 Å². The highest BCUT2D eigenvalue weighted by molar-refractivity contribution is 6.07. The molecule has 3 atom stereocenters. The van der Waals surface area contributed by atoms with Gasteiger partial charge in [-0.1, -0.05) is 6.92 Å². The van der Waals surface area contributed by atoms with E-state index in [1.807, 2.05) is 0 Å². The molecule has 1 aliphatic heterocycles. The molecule has 0 radical (unpaired) electrons. The van der Waals surface area contributed by atoms with Gasteiger partial charge in [-0.2, -0.15) is 0 Å². The van der Waals surface area contributed by atoms with Crippen LogP contribution in [0.3, 0.4) is 0 Å². The summed E-state index contributed by atoms with van der Waals surface area (Å²) in [4.78, 5) is 34.0. The van der Waals surface area contributed by atoms with E-state index >= 15 is 0 Å². The van der Waals surface area contributed by atoms with Gasteiger partial charge in [0.05, 0.1) is 5.41 Å². The quantitative estimate of drug-likeness (QED) is 0.552. The molecule has 0 aromatic rings. The van der Waals surface area contributed by atoms with Crippen molar-refractivity contribution in [3.63, 3.8) is 0 Å². The maximum atomic E-state index is 11.7. The van der Waals surface area contributed by atoms with Crippen LogP contribution in [0.15, 0.2) is 0 Å². The smallest absolute Gasteiger partial charge is 0.322 e. The number of urea groups is 1. The van der Waals surface area contributed by atoms with Crippen molar-refractivity contribution in [2.75, 3.05) is 0 Å². The van der Waals surface area contributed by atoms with Gasteiger partial charge in [-0.05, 0) is 25.7 Å². The molecule has 1 saturated carbocycles. The molecular weight excluding hydrogens is 212 g/mol. The van der Waals surface area contributed by atoms with Crippen LogP contribution in [0.2, 0.25) is 0 Å². The third-order valence-electron chi connectivity index (χ3n) is 3.75. The summed E-state index contributed by atoms with van der Waals surface area (Å²) in [5.74, 6) is -1.51. The summed E-state index contributed by atoms with van der Waals surface area (Å²) in [6.45, 7) is 3.40. The van der Waals surface area contributed by atoms with Crippen molar-refractivity contribution in [3.05, 3.63) is 0 Å². The van der Waals surface area contributed by atoms with Gasteiger partial charge in [0.25, 0.3) is 5.91 Å². The molecule has 1 saturated heterocycles. The average molecular weight is 226 g/mol. The van der Waals surface area contributed by atoms with Crippen molar-refractivity contribution >= 4 is 17.9 Å². The topological polar surface area (TPSA) is 95.5 Å². The van der Waals surface area contributed by atoms with E-state index in [0.29, 0.717) is 6.42 Å². The van der Waals surface area contributed by atoms with Crippen molar-refractivity contribution in [1.82, 2.24) is 10.6 Å². The Hall–Kier alpha value is -1.59. The van der Waals surface area contributed by atoms with Gasteiger partial charge in [0.2, 0.25) is 0 Å². The van der Waals surface area contributed by atoms with E-state index in [4.69, 9.17) is 5.11 Å². The van der Waals surface area contributed by atoms with Gasteiger partial charge in [-0.25, -0.2) is 4.79 Å². The largest absolute Gasteiger partial charge is 0.481 e. The van der Waals surface area contributed by atoms with Crippen molar-refractivity contribution in [1.29, 1.82) is 0 Å². The number of imide groups is 1. The standard InChI is InChI=1S/C10H14N2O4/c1-5-3-9(2,7(14)15)4-10(5)6(13)11-8(16)12-10/h5H,3-4H2,1-2H3,(H,14,15)(H2,11,12,13,16). The van der Waals surface area contributed by atoms with Crippen LogP contribution in [0.4, 0.5) is 4.79 Å². The molecule has 3 amide bonds. The minimum atomic E-state index is -1.04. The highest BCUT2D eigenvalue weighted by Gasteiger charge is 2.61. The second-order valence-electron chi connectivity index (χ2n) is 5.03. The first kappa shape index (κ1) is 10.9. The lowest BCUT2D eigenvalue weighted by atomic mass is 9.85. The molecule has 2 rings (SSSR count). The van der Waals surface area contributed by atoms with Gasteiger partial charge in [0.15, 0.2) is 0 Å². The molecule has 0 aromatic carbocycles. The molecule has 3 N–H and O–H groups in total. The van der Waals surface area contributed by atoms with E-state index < -0.39 is 28.9 Å². The number of carbonyl (C=O) groups is 3. The van der Waals surface area contributed by atoms with Crippen LogP contribution in [-0.4, -0.2) is 28.6 Å². The number of rotatable bonds is 1. The number of hydrogen-bond donors (Lipinski definition) is 3. The van der Waals surface area contributed by atoms with Gasteiger partial charge in [0, 0.05) is 0 Å². The summed E-state index contributed by atoms with van der Waals surface area (Å²) in [6, 6.07) is -0.536. The number of carbonyl (C=O) groups excluding carboxylic acids is 2. The monoisotopic (exact) mass is 226 g/mol. The molecular formula is C10H14N2O4. The van der Waals surface area contributed by atoms with Gasteiger partial charge < -0.3 is 10.4 Å². The summed E-state index contributed by atoms with van der Waals surface area (Å²) in [7, 11) is 0. The van der Waals surface area contributed by atoms with Crippen LogP contribution >= 0.6 is 0 Å². The van der Waals surface area contributed by atoms with Gasteiger partial charge in [0.1, 0.15) is 5.54 Å². The second-order valence-corrected chi connectivity index (χ2v) is 5.03. The number of amides is 3. The fraction of sp³-hybridized carbons (Fsp3) is 0.700.